The lowest BCUT2D eigenvalue weighted by molar-refractivity contribution is -0.135. The highest BCUT2D eigenvalue weighted by atomic mass is 35.5. The SMILES string of the molecule is Cc1ccc(C2=NN(C(=O)COc3cccnc3Cl)C(c3ccco3)C2)cc1. The Morgan fingerprint density at radius 3 is 2.79 bits per heavy atom. The maximum absolute atomic E-state index is 12.9. The zero-order valence-electron chi connectivity index (χ0n) is 15.2. The zero-order valence-corrected chi connectivity index (χ0v) is 16.0. The lowest BCUT2D eigenvalue weighted by atomic mass is 10.0. The molecule has 0 saturated carbocycles. The monoisotopic (exact) mass is 395 g/mol. The van der Waals surface area contributed by atoms with Crippen molar-refractivity contribution >= 4 is 23.2 Å². The second kappa shape index (κ2) is 7.86. The van der Waals surface area contributed by atoms with Crippen molar-refractivity contribution < 1.29 is 13.9 Å². The molecule has 0 fully saturated rings. The number of benzene rings is 1. The molecule has 0 spiro atoms. The van der Waals surface area contributed by atoms with Gasteiger partial charge in [0.15, 0.2) is 17.5 Å². The summed E-state index contributed by atoms with van der Waals surface area (Å²) in [5.74, 6) is 0.746. The van der Waals surface area contributed by atoms with Crippen LogP contribution >= 0.6 is 11.6 Å². The Labute approximate surface area is 167 Å². The van der Waals surface area contributed by atoms with E-state index in [-0.39, 0.29) is 23.7 Å². The number of hydrogen-bond acceptors (Lipinski definition) is 5. The van der Waals surface area contributed by atoms with Crippen molar-refractivity contribution in [3.05, 3.63) is 83.0 Å². The normalized spacial score (nSPS) is 16.1. The van der Waals surface area contributed by atoms with Crippen molar-refractivity contribution in [3.63, 3.8) is 0 Å². The Kier molecular flexibility index (Phi) is 5.12. The molecular weight excluding hydrogens is 378 g/mol. The highest BCUT2D eigenvalue weighted by Gasteiger charge is 2.35. The molecule has 1 atom stereocenters. The molecule has 1 aromatic carbocycles. The highest BCUT2D eigenvalue weighted by molar-refractivity contribution is 6.30. The van der Waals surface area contributed by atoms with Gasteiger partial charge in [0.2, 0.25) is 0 Å². The van der Waals surface area contributed by atoms with Crippen LogP contribution in [-0.2, 0) is 4.79 Å². The van der Waals surface area contributed by atoms with Crippen LogP contribution < -0.4 is 4.74 Å². The summed E-state index contributed by atoms with van der Waals surface area (Å²) in [6.45, 7) is 1.83. The topological polar surface area (TPSA) is 67.9 Å². The summed E-state index contributed by atoms with van der Waals surface area (Å²) in [5, 5.41) is 6.21. The lowest BCUT2D eigenvalue weighted by Gasteiger charge is -2.20. The molecule has 1 aliphatic rings. The molecule has 7 heteroatoms. The van der Waals surface area contributed by atoms with Crippen molar-refractivity contribution in [2.24, 2.45) is 5.10 Å². The number of hydrazone groups is 1. The molecule has 142 valence electrons. The first-order chi connectivity index (χ1) is 13.6. The predicted octanol–water partition coefficient (Wildman–Crippen LogP) is 4.39. The van der Waals surface area contributed by atoms with Gasteiger partial charge in [0.1, 0.15) is 11.8 Å². The van der Waals surface area contributed by atoms with Gasteiger partial charge in [-0.05, 0) is 36.8 Å². The maximum atomic E-state index is 12.9. The van der Waals surface area contributed by atoms with Crippen LogP contribution in [0.1, 0.15) is 29.3 Å². The number of furan rings is 1. The first-order valence-electron chi connectivity index (χ1n) is 8.85. The summed E-state index contributed by atoms with van der Waals surface area (Å²) in [6, 6.07) is 14.8. The average Bonchev–Trinajstić information content (AvgIpc) is 3.37. The smallest absolute Gasteiger partial charge is 0.281 e. The Balaban J connectivity index is 1.56. The van der Waals surface area contributed by atoms with Crippen molar-refractivity contribution in [1.29, 1.82) is 0 Å². The number of pyridine rings is 1. The number of carbonyl (C=O) groups is 1. The molecule has 6 nitrogen and oxygen atoms in total. The van der Waals surface area contributed by atoms with E-state index < -0.39 is 0 Å². The van der Waals surface area contributed by atoms with Gasteiger partial charge in [-0.2, -0.15) is 5.10 Å². The number of rotatable bonds is 5. The van der Waals surface area contributed by atoms with Gasteiger partial charge < -0.3 is 9.15 Å². The molecule has 28 heavy (non-hydrogen) atoms. The standard InChI is InChI=1S/C21H18ClN3O3/c1-14-6-8-15(9-7-14)16-12-17(18-5-3-11-27-18)25(24-16)20(26)13-28-19-4-2-10-23-21(19)22/h2-11,17H,12-13H2,1H3. The van der Waals surface area contributed by atoms with Crippen LogP contribution in [0.4, 0.5) is 0 Å². The van der Waals surface area contributed by atoms with Crippen LogP contribution in [0.25, 0.3) is 0 Å². The van der Waals surface area contributed by atoms with Crippen LogP contribution in [-0.4, -0.2) is 28.2 Å². The quantitative estimate of drug-likeness (QED) is 0.601. The first-order valence-corrected chi connectivity index (χ1v) is 9.23. The van der Waals surface area contributed by atoms with Gasteiger partial charge in [-0.25, -0.2) is 9.99 Å². The van der Waals surface area contributed by atoms with Gasteiger partial charge in [-0.3, -0.25) is 4.79 Å². The Bertz CT molecular complexity index is 1000. The van der Waals surface area contributed by atoms with Gasteiger partial charge in [-0.1, -0.05) is 41.4 Å². The Hall–Kier alpha value is -3.12. The van der Waals surface area contributed by atoms with Crippen molar-refractivity contribution in [2.45, 2.75) is 19.4 Å². The molecule has 1 amide bonds. The lowest BCUT2D eigenvalue weighted by Crippen LogP contribution is -2.31. The maximum Gasteiger partial charge on any atom is 0.281 e. The molecule has 3 heterocycles. The molecule has 2 aromatic heterocycles. The van der Waals surface area contributed by atoms with E-state index in [0.717, 1.165) is 11.3 Å². The van der Waals surface area contributed by atoms with Crippen molar-refractivity contribution in [2.75, 3.05) is 6.61 Å². The number of amides is 1. The molecule has 0 bridgehead atoms. The van der Waals surface area contributed by atoms with Gasteiger partial charge in [0, 0.05) is 12.6 Å². The van der Waals surface area contributed by atoms with Crippen molar-refractivity contribution in [1.82, 2.24) is 9.99 Å². The van der Waals surface area contributed by atoms with Gasteiger partial charge in [-0.15, -0.1) is 0 Å². The second-order valence-electron chi connectivity index (χ2n) is 6.47. The summed E-state index contributed by atoms with van der Waals surface area (Å²) < 4.78 is 11.1. The number of ether oxygens (including phenoxy) is 1. The molecule has 0 saturated heterocycles. The third-order valence-electron chi connectivity index (χ3n) is 4.50. The fraction of sp³-hybridized carbons (Fsp3) is 0.190. The number of aromatic nitrogens is 1. The van der Waals surface area contributed by atoms with Crippen LogP contribution in [0.3, 0.4) is 0 Å². The first kappa shape index (κ1) is 18.3. The van der Waals surface area contributed by atoms with E-state index in [9.17, 15) is 4.79 Å². The highest BCUT2D eigenvalue weighted by Crippen LogP contribution is 2.33. The van der Waals surface area contributed by atoms with Gasteiger partial charge in [0.05, 0.1) is 12.0 Å². The molecule has 4 rings (SSSR count). The van der Waals surface area contributed by atoms with E-state index in [1.165, 1.54) is 10.6 Å². The van der Waals surface area contributed by atoms with E-state index in [2.05, 4.69) is 10.1 Å². The van der Waals surface area contributed by atoms with E-state index in [0.29, 0.717) is 17.9 Å². The summed E-state index contributed by atoms with van der Waals surface area (Å²) in [7, 11) is 0. The predicted molar refractivity (Wildman–Crippen MR) is 105 cm³/mol. The number of hydrogen-bond donors (Lipinski definition) is 0. The average molecular weight is 396 g/mol. The van der Waals surface area contributed by atoms with Crippen LogP contribution in [0, 0.1) is 6.92 Å². The summed E-state index contributed by atoms with van der Waals surface area (Å²) >= 11 is 5.99. The number of aryl methyl sites for hydroxylation is 1. The third kappa shape index (κ3) is 3.77. The van der Waals surface area contributed by atoms with E-state index in [1.54, 1.807) is 30.7 Å². The molecular formula is C21H18ClN3O3. The van der Waals surface area contributed by atoms with E-state index in [1.807, 2.05) is 37.3 Å². The molecule has 1 unspecified atom stereocenters. The Morgan fingerprint density at radius 1 is 1.25 bits per heavy atom. The third-order valence-corrected chi connectivity index (χ3v) is 4.78. The van der Waals surface area contributed by atoms with Crippen LogP contribution in [0.15, 0.2) is 70.5 Å². The minimum absolute atomic E-state index is 0.201. The van der Waals surface area contributed by atoms with Gasteiger partial charge >= 0.3 is 0 Å². The molecule has 0 N–H and O–H groups in total. The van der Waals surface area contributed by atoms with Gasteiger partial charge in [0.25, 0.3) is 5.91 Å². The molecule has 3 aromatic rings. The molecule has 0 radical (unpaired) electrons. The second-order valence-corrected chi connectivity index (χ2v) is 6.83. The fourth-order valence-corrected chi connectivity index (χ4v) is 3.22. The number of nitrogens with zero attached hydrogens (tertiary/aromatic N) is 3. The fourth-order valence-electron chi connectivity index (χ4n) is 3.05. The largest absolute Gasteiger partial charge is 0.480 e. The minimum atomic E-state index is -0.313. The summed E-state index contributed by atoms with van der Waals surface area (Å²) in [5.41, 5.74) is 2.97. The Morgan fingerprint density at radius 2 is 2.07 bits per heavy atom. The zero-order chi connectivity index (χ0) is 19.5. The summed E-state index contributed by atoms with van der Waals surface area (Å²) in [4.78, 5) is 16.8. The minimum Gasteiger partial charge on any atom is -0.480 e. The van der Waals surface area contributed by atoms with Crippen LogP contribution in [0.5, 0.6) is 5.75 Å². The molecule has 1 aliphatic heterocycles. The number of carbonyl (C=O) groups excluding carboxylic acids is 1. The van der Waals surface area contributed by atoms with E-state index >= 15 is 0 Å². The van der Waals surface area contributed by atoms with E-state index in [4.69, 9.17) is 20.8 Å². The molecule has 0 aliphatic carbocycles. The van der Waals surface area contributed by atoms with Crippen LogP contribution in [0.2, 0.25) is 5.15 Å². The summed E-state index contributed by atoms with van der Waals surface area (Å²) in [6.07, 6.45) is 3.71. The number of halogens is 1. The van der Waals surface area contributed by atoms with Crippen molar-refractivity contribution in [3.8, 4) is 5.75 Å².